The standard InChI is InChI=1S/C20H34N2O2/c1-19(2,3)24-18(23)21-13-17-5-4-6-22(17)20-10-14-7-15(11-20)9-16(8-14)12-20/h14-17H,4-13H2,1-3H3,(H,21,23)/t14?,15?,16?,17-,20?/m1/s1. The van der Waals surface area contributed by atoms with Gasteiger partial charge in [0.05, 0.1) is 0 Å². The highest BCUT2D eigenvalue weighted by atomic mass is 16.6. The number of nitrogens with one attached hydrogen (secondary N) is 1. The van der Waals surface area contributed by atoms with Gasteiger partial charge in [-0.2, -0.15) is 0 Å². The lowest BCUT2D eigenvalue weighted by atomic mass is 9.52. The monoisotopic (exact) mass is 334 g/mol. The zero-order chi connectivity index (χ0) is 16.9. The SMILES string of the molecule is CC(C)(C)OC(=O)NC[C@H]1CCCN1C12CC3CC(CC(C3)C1)C2. The van der Waals surface area contributed by atoms with E-state index in [1.807, 2.05) is 20.8 Å². The highest BCUT2D eigenvalue weighted by molar-refractivity contribution is 5.67. The van der Waals surface area contributed by atoms with Crippen molar-refractivity contribution in [1.82, 2.24) is 10.2 Å². The van der Waals surface area contributed by atoms with Crippen molar-refractivity contribution in [2.45, 2.75) is 89.3 Å². The van der Waals surface area contributed by atoms with Crippen LogP contribution in [0.2, 0.25) is 0 Å². The second-order valence-corrected chi connectivity index (χ2v) is 10.0. The average Bonchev–Trinajstić information content (AvgIpc) is 2.91. The number of rotatable bonds is 3. The predicted molar refractivity (Wildman–Crippen MR) is 94.9 cm³/mol. The minimum atomic E-state index is -0.417. The van der Waals surface area contributed by atoms with Gasteiger partial charge in [0, 0.05) is 18.1 Å². The van der Waals surface area contributed by atoms with Crippen LogP contribution in [0.1, 0.15) is 72.1 Å². The Hall–Kier alpha value is -0.770. The van der Waals surface area contributed by atoms with Crippen molar-refractivity contribution in [3.05, 3.63) is 0 Å². The van der Waals surface area contributed by atoms with Gasteiger partial charge in [-0.1, -0.05) is 0 Å². The fraction of sp³-hybridized carbons (Fsp3) is 0.950. The molecule has 0 aromatic heterocycles. The highest BCUT2D eigenvalue weighted by Crippen LogP contribution is 2.58. The number of nitrogens with zero attached hydrogens (tertiary/aromatic N) is 1. The van der Waals surface area contributed by atoms with E-state index in [4.69, 9.17) is 4.74 Å². The largest absolute Gasteiger partial charge is 0.444 e. The first-order valence-corrected chi connectivity index (χ1v) is 10.1. The number of likely N-dealkylation sites (tertiary alicyclic amines) is 1. The molecule has 1 saturated heterocycles. The van der Waals surface area contributed by atoms with Crippen LogP contribution in [0, 0.1) is 17.8 Å². The summed E-state index contributed by atoms with van der Waals surface area (Å²) >= 11 is 0. The Morgan fingerprint density at radius 1 is 1.12 bits per heavy atom. The van der Waals surface area contributed by atoms with Crippen molar-refractivity contribution in [2.24, 2.45) is 17.8 Å². The van der Waals surface area contributed by atoms with Crippen LogP contribution in [0.4, 0.5) is 4.79 Å². The van der Waals surface area contributed by atoms with Crippen molar-refractivity contribution in [1.29, 1.82) is 0 Å². The first-order chi connectivity index (χ1) is 11.3. The Labute approximate surface area is 146 Å². The summed E-state index contributed by atoms with van der Waals surface area (Å²) in [5.41, 5.74) is 0.0465. The molecule has 24 heavy (non-hydrogen) atoms. The Kier molecular flexibility index (Phi) is 4.10. The Morgan fingerprint density at radius 3 is 2.25 bits per heavy atom. The molecule has 0 aromatic rings. The molecule has 1 N–H and O–H groups in total. The van der Waals surface area contributed by atoms with Crippen LogP contribution in [0.25, 0.3) is 0 Å². The summed E-state index contributed by atoms with van der Waals surface area (Å²) in [5, 5.41) is 3.04. The van der Waals surface area contributed by atoms with E-state index in [2.05, 4.69) is 10.2 Å². The van der Waals surface area contributed by atoms with E-state index in [0.717, 1.165) is 24.3 Å². The van der Waals surface area contributed by atoms with E-state index in [0.29, 0.717) is 11.6 Å². The number of carbonyl (C=O) groups is 1. The van der Waals surface area contributed by atoms with Crippen molar-refractivity contribution in [2.75, 3.05) is 13.1 Å². The summed E-state index contributed by atoms with van der Waals surface area (Å²) in [4.78, 5) is 14.8. The fourth-order valence-electron chi connectivity index (χ4n) is 6.60. The molecular formula is C20H34N2O2. The van der Waals surface area contributed by atoms with Gasteiger partial charge in [-0.15, -0.1) is 0 Å². The maximum atomic E-state index is 12.0. The third kappa shape index (κ3) is 3.18. The third-order valence-corrected chi connectivity index (χ3v) is 6.87. The van der Waals surface area contributed by atoms with Crippen LogP contribution in [-0.4, -0.2) is 41.3 Å². The van der Waals surface area contributed by atoms with Gasteiger partial charge in [-0.25, -0.2) is 4.79 Å². The van der Waals surface area contributed by atoms with Gasteiger partial charge < -0.3 is 10.1 Å². The molecule has 5 fully saturated rings. The van der Waals surface area contributed by atoms with Gasteiger partial charge >= 0.3 is 6.09 Å². The molecule has 5 aliphatic rings. The minimum absolute atomic E-state index is 0.264. The molecule has 1 heterocycles. The van der Waals surface area contributed by atoms with Crippen LogP contribution in [0.5, 0.6) is 0 Å². The predicted octanol–water partition coefficient (Wildman–Crippen LogP) is 3.94. The molecule has 1 amide bonds. The van der Waals surface area contributed by atoms with Gasteiger partial charge in [0.1, 0.15) is 5.60 Å². The first-order valence-electron chi connectivity index (χ1n) is 10.1. The molecular weight excluding hydrogens is 300 g/mol. The molecule has 0 radical (unpaired) electrons. The van der Waals surface area contributed by atoms with E-state index < -0.39 is 5.60 Å². The lowest BCUT2D eigenvalue weighted by molar-refractivity contribution is -0.0933. The summed E-state index contributed by atoms with van der Waals surface area (Å²) in [6, 6.07) is 0.508. The van der Waals surface area contributed by atoms with E-state index in [1.54, 1.807) is 0 Å². The summed E-state index contributed by atoms with van der Waals surface area (Å²) in [5.74, 6) is 2.95. The van der Waals surface area contributed by atoms with Crippen LogP contribution in [0.3, 0.4) is 0 Å². The molecule has 4 nitrogen and oxygen atoms in total. The maximum Gasteiger partial charge on any atom is 0.407 e. The van der Waals surface area contributed by atoms with Crippen LogP contribution in [0.15, 0.2) is 0 Å². The lowest BCUT2D eigenvalue weighted by Gasteiger charge is -2.61. The van der Waals surface area contributed by atoms with Crippen molar-refractivity contribution in [3.63, 3.8) is 0 Å². The van der Waals surface area contributed by atoms with E-state index in [1.165, 1.54) is 57.9 Å². The summed E-state index contributed by atoms with van der Waals surface area (Å²) in [7, 11) is 0. The van der Waals surface area contributed by atoms with Crippen LogP contribution >= 0.6 is 0 Å². The number of alkyl carbamates (subject to hydrolysis) is 1. The van der Waals surface area contributed by atoms with Crippen LogP contribution in [-0.2, 0) is 4.74 Å². The number of amides is 1. The Morgan fingerprint density at radius 2 is 1.71 bits per heavy atom. The fourth-order valence-corrected chi connectivity index (χ4v) is 6.60. The molecule has 1 atom stereocenters. The minimum Gasteiger partial charge on any atom is -0.444 e. The van der Waals surface area contributed by atoms with Crippen molar-refractivity contribution < 1.29 is 9.53 Å². The van der Waals surface area contributed by atoms with E-state index in [-0.39, 0.29) is 6.09 Å². The summed E-state index contributed by atoms with van der Waals surface area (Å²) in [6.45, 7) is 7.74. The zero-order valence-electron chi connectivity index (χ0n) is 15.6. The molecule has 1 aliphatic heterocycles. The van der Waals surface area contributed by atoms with Gasteiger partial charge in [0.2, 0.25) is 0 Å². The second kappa shape index (κ2) is 5.89. The Balaban J connectivity index is 1.39. The van der Waals surface area contributed by atoms with Crippen molar-refractivity contribution >= 4 is 6.09 Å². The quantitative estimate of drug-likeness (QED) is 0.850. The highest BCUT2D eigenvalue weighted by Gasteiger charge is 2.55. The summed E-state index contributed by atoms with van der Waals surface area (Å²) < 4.78 is 5.41. The molecule has 4 heteroatoms. The molecule has 136 valence electrons. The normalized spacial score (nSPS) is 41.6. The van der Waals surface area contributed by atoms with Gasteiger partial charge in [-0.3, -0.25) is 4.90 Å². The molecule has 5 rings (SSSR count). The van der Waals surface area contributed by atoms with E-state index >= 15 is 0 Å². The van der Waals surface area contributed by atoms with Crippen LogP contribution < -0.4 is 5.32 Å². The molecule has 4 aliphatic carbocycles. The summed E-state index contributed by atoms with van der Waals surface area (Å²) in [6.07, 6.45) is 11.0. The number of ether oxygens (including phenoxy) is 1. The molecule has 4 bridgehead atoms. The molecule has 4 saturated carbocycles. The second-order valence-electron chi connectivity index (χ2n) is 10.0. The number of hydrogen-bond donors (Lipinski definition) is 1. The zero-order valence-corrected chi connectivity index (χ0v) is 15.6. The maximum absolute atomic E-state index is 12.0. The topological polar surface area (TPSA) is 41.6 Å². The van der Waals surface area contributed by atoms with Gasteiger partial charge in [-0.05, 0) is 96.4 Å². The average molecular weight is 335 g/mol. The van der Waals surface area contributed by atoms with Gasteiger partial charge in [0.25, 0.3) is 0 Å². The lowest BCUT2D eigenvalue weighted by Crippen LogP contribution is -2.62. The molecule has 0 aromatic carbocycles. The third-order valence-electron chi connectivity index (χ3n) is 6.87. The number of carbonyl (C=O) groups excluding carboxylic acids is 1. The van der Waals surface area contributed by atoms with Gasteiger partial charge in [0.15, 0.2) is 0 Å². The molecule has 0 unspecified atom stereocenters. The number of hydrogen-bond acceptors (Lipinski definition) is 3. The van der Waals surface area contributed by atoms with Crippen molar-refractivity contribution in [3.8, 4) is 0 Å². The first kappa shape index (κ1) is 16.7. The Bertz CT molecular complexity index is 461. The van der Waals surface area contributed by atoms with E-state index in [9.17, 15) is 4.79 Å². The smallest absolute Gasteiger partial charge is 0.407 e. The molecule has 0 spiro atoms.